The van der Waals surface area contributed by atoms with E-state index in [0.717, 1.165) is 11.9 Å². The molecule has 35 heavy (non-hydrogen) atoms. The molecule has 2 aliphatic rings. The molecule has 11 heteroatoms. The van der Waals surface area contributed by atoms with Gasteiger partial charge in [0.25, 0.3) is 5.91 Å². The van der Waals surface area contributed by atoms with Crippen molar-refractivity contribution in [3.05, 3.63) is 29.8 Å². The van der Waals surface area contributed by atoms with E-state index in [1.54, 1.807) is 12.1 Å². The van der Waals surface area contributed by atoms with E-state index in [1.165, 1.54) is 9.80 Å². The molecule has 10 nitrogen and oxygen atoms in total. The highest BCUT2D eigenvalue weighted by molar-refractivity contribution is 7.91. The third-order valence-corrected chi connectivity index (χ3v) is 7.14. The predicted octanol–water partition coefficient (Wildman–Crippen LogP) is 0.323. The standard InChI is InChI=1S/C24H34N4O6S/c1-15(2)12-18(25-23(31)16-6-8-17(9-7-16)26(3)4)24(32)27-11-10-19-22(27)20(29)13-28(19)21(30)14-35(5,33)34/h6-9,15,18-19,22H,10-14H2,1-5H3,(H,25,31)/t18-,19?,22-/m0/s1. The Labute approximate surface area is 206 Å². The zero-order chi connectivity index (χ0) is 26.1. The predicted molar refractivity (Wildman–Crippen MR) is 132 cm³/mol. The van der Waals surface area contributed by atoms with Crippen molar-refractivity contribution < 1.29 is 27.6 Å². The van der Waals surface area contributed by atoms with Gasteiger partial charge >= 0.3 is 0 Å². The highest BCUT2D eigenvalue weighted by atomic mass is 32.2. The van der Waals surface area contributed by atoms with Gasteiger partial charge in [0.1, 0.15) is 17.8 Å². The number of Topliss-reactive ketones (excluding diaryl/α,β-unsaturated/α-hetero) is 1. The first-order chi connectivity index (χ1) is 16.3. The fourth-order valence-corrected chi connectivity index (χ4v) is 5.36. The molecule has 0 saturated carbocycles. The van der Waals surface area contributed by atoms with Crippen molar-refractivity contribution in [3.8, 4) is 0 Å². The molecular weight excluding hydrogens is 472 g/mol. The minimum absolute atomic E-state index is 0.103. The van der Waals surface area contributed by atoms with Crippen LogP contribution < -0.4 is 10.2 Å². The average Bonchev–Trinajstić information content (AvgIpc) is 3.32. The first-order valence-electron chi connectivity index (χ1n) is 11.7. The molecule has 3 amide bonds. The number of likely N-dealkylation sites (tertiary alicyclic amines) is 2. The summed E-state index contributed by atoms with van der Waals surface area (Å²) in [6.45, 7) is 3.92. The molecule has 0 spiro atoms. The molecule has 1 aromatic carbocycles. The molecule has 0 bridgehead atoms. The van der Waals surface area contributed by atoms with Gasteiger partial charge in [-0.2, -0.15) is 0 Å². The molecule has 1 unspecified atom stereocenters. The molecule has 2 saturated heterocycles. The van der Waals surface area contributed by atoms with Crippen LogP contribution in [-0.2, 0) is 24.2 Å². The van der Waals surface area contributed by atoms with Gasteiger partial charge in [-0.15, -0.1) is 0 Å². The Morgan fingerprint density at radius 1 is 1.11 bits per heavy atom. The van der Waals surface area contributed by atoms with Crippen LogP contribution in [0.2, 0.25) is 0 Å². The molecule has 0 radical (unpaired) electrons. The van der Waals surface area contributed by atoms with Crippen LogP contribution in [0, 0.1) is 5.92 Å². The normalized spacial score (nSPS) is 20.7. The second-order valence-corrected chi connectivity index (χ2v) is 12.1. The Balaban J connectivity index is 1.76. The molecule has 0 aromatic heterocycles. The molecule has 1 aromatic rings. The fourth-order valence-electron chi connectivity index (χ4n) is 4.74. The molecule has 3 rings (SSSR count). The molecule has 3 atom stereocenters. The second-order valence-electron chi connectivity index (χ2n) is 9.99. The van der Waals surface area contributed by atoms with Gasteiger partial charge in [0.05, 0.1) is 12.6 Å². The minimum Gasteiger partial charge on any atom is -0.378 e. The van der Waals surface area contributed by atoms with Gasteiger partial charge < -0.3 is 20.0 Å². The maximum Gasteiger partial charge on any atom is 0.251 e. The van der Waals surface area contributed by atoms with Gasteiger partial charge in [-0.05, 0) is 43.0 Å². The minimum atomic E-state index is -3.54. The number of nitrogens with one attached hydrogen (secondary N) is 1. The Hall–Kier alpha value is -2.95. The van der Waals surface area contributed by atoms with Crippen LogP contribution in [0.4, 0.5) is 5.69 Å². The van der Waals surface area contributed by atoms with E-state index in [-0.39, 0.29) is 36.6 Å². The van der Waals surface area contributed by atoms with Crippen molar-refractivity contribution >= 4 is 39.0 Å². The average molecular weight is 507 g/mol. The molecule has 192 valence electrons. The van der Waals surface area contributed by atoms with E-state index in [2.05, 4.69) is 5.32 Å². The van der Waals surface area contributed by atoms with E-state index in [0.29, 0.717) is 18.4 Å². The van der Waals surface area contributed by atoms with Gasteiger partial charge in [-0.3, -0.25) is 19.2 Å². The number of anilines is 1. The van der Waals surface area contributed by atoms with Gasteiger partial charge in [0.2, 0.25) is 11.8 Å². The summed E-state index contributed by atoms with van der Waals surface area (Å²) in [5.41, 5.74) is 1.36. The largest absolute Gasteiger partial charge is 0.378 e. The SMILES string of the molecule is CC(C)C[C@H](NC(=O)c1ccc(N(C)C)cc1)C(=O)N1CCC2[C@H]1C(=O)CN2C(=O)CS(C)(=O)=O. The summed E-state index contributed by atoms with van der Waals surface area (Å²) in [5, 5.41) is 2.83. The van der Waals surface area contributed by atoms with Crippen molar-refractivity contribution in [1.82, 2.24) is 15.1 Å². The van der Waals surface area contributed by atoms with Gasteiger partial charge in [0, 0.05) is 38.1 Å². The van der Waals surface area contributed by atoms with E-state index in [1.807, 2.05) is 45.0 Å². The fraction of sp³-hybridized carbons (Fsp3) is 0.583. The number of ketones is 1. The number of hydrogen-bond acceptors (Lipinski definition) is 7. The molecule has 1 N–H and O–H groups in total. The van der Waals surface area contributed by atoms with Gasteiger partial charge in [-0.1, -0.05) is 13.8 Å². The van der Waals surface area contributed by atoms with E-state index < -0.39 is 39.6 Å². The van der Waals surface area contributed by atoms with E-state index in [4.69, 9.17) is 0 Å². The summed E-state index contributed by atoms with van der Waals surface area (Å²) in [6.07, 6.45) is 1.74. The van der Waals surface area contributed by atoms with E-state index in [9.17, 15) is 27.6 Å². The summed E-state index contributed by atoms with van der Waals surface area (Å²) in [4.78, 5) is 56.4. The number of hydrogen-bond donors (Lipinski definition) is 1. The third kappa shape index (κ3) is 6.19. The van der Waals surface area contributed by atoms with Gasteiger partial charge in [0.15, 0.2) is 15.6 Å². The lowest BCUT2D eigenvalue weighted by molar-refractivity contribution is -0.138. The van der Waals surface area contributed by atoms with Crippen LogP contribution in [0.1, 0.15) is 37.0 Å². The zero-order valence-corrected chi connectivity index (χ0v) is 21.7. The number of amides is 3. The highest BCUT2D eigenvalue weighted by Gasteiger charge is 2.52. The Bertz CT molecular complexity index is 1100. The maximum atomic E-state index is 13.5. The highest BCUT2D eigenvalue weighted by Crippen LogP contribution is 2.31. The van der Waals surface area contributed by atoms with Crippen LogP contribution >= 0.6 is 0 Å². The molecule has 2 heterocycles. The third-order valence-electron chi connectivity index (χ3n) is 6.37. The van der Waals surface area contributed by atoms with Crippen LogP contribution in [-0.4, -0.2) is 99.0 Å². The van der Waals surface area contributed by atoms with Crippen molar-refractivity contribution in [2.24, 2.45) is 5.92 Å². The van der Waals surface area contributed by atoms with Crippen molar-refractivity contribution in [2.75, 3.05) is 44.1 Å². The van der Waals surface area contributed by atoms with Crippen LogP contribution in [0.25, 0.3) is 0 Å². The smallest absolute Gasteiger partial charge is 0.251 e. The summed E-state index contributed by atoms with van der Waals surface area (Å²) in [5.74, 6) is -2.24. The van der Waals surface area contributed by atoms with Crippen LogP contribution in [0.5, 0.6) is 0 Å². The van der Waals surface area contributed by atoms with Crippen molar-refractivity contribution in [1.29, 1.82) is 0 Å². The van der Waals surface area contributed by atoms with Gasteiger partial charge in [-0.25, -0.2) is 8.42 Å². The molecular formula is C24H34N4O6S. The van der Waals surface area contributed by atoms with E-state index >= 15 is 0 Å². The van der Waals surface area contributed by atoms with Crippen molar-refractivity contribution in [3.63, 3.8) is 0 Å². The number of sulfone groups is 1. The Morgan fingerprint density at radius 2 is 1.74 bits per heavy atom. The Morgan fingerprint density at radius 3 is 2.29 bits per heavy atom. The number of fused-ring (bicyclic) bond motifs is 1. The number of carbonyl (C=O) groups excluding carboxylic acids is 4. The lowest BCUT2D eigenvalue weighted by atomic mass is 10.0. The molecule has 0 aliphatic carbocycles. The molecule has 2 fully saturated rings. The topological polar surface area (TPSA) is 124 Å². The van der Waals surface area contributed by atoms with Crippen LogP contribution in [0.3, 0.4) is 0 Å². The second kappa shape index (κ2) is 10.3. The maximum absolute atomic E-state index is 13.5. The lowest BCUT2D eigenvalue weighted by Crippen LogP contribution is -2.53. The summed E-state index contributed by atoms with van der Waals surface area (Å²) >= 11 is 0. The lowest BCUT2D eigenvalue weighted by Gasteiger charge is -2.29. The number of rotatable bonds is 8. The quantitative estimate of drug-likeness (QED) is 0.539. The molecule has 2 aliphatic heterocycles. The number of benzene rings is 1. The Kier molecular flexibility index (Phi) is 7.88. The zero-order valence-electron chi connectivity index (χ0n) is 20.9. The summed E-state index contributed by atoms with van der Waals surface area (Å²) in [6, 6.07) is 4.82. The summed E-state index contributed by atoms with van der Waals surface area (Å²) < 4.78 is 23.1. The summed E-state index contributed by atoms with van der Waals surface area (Å²) in [7, 11) is 0.253. The monoisotopic (exact) mass is 506 g/mol. The first kappa shape index (κ1) is 26.7. The van der Waals surface area contributed by atoms with Crippen molar-refractivity contribution in [2.45, 2.75) is 44.8 Å². The number of carbonyl (C=O) groups is 4. The number of nitrogens with zero attached hydrogens (tertiary/aromatic N) is 3. The van der Waals surface area contributed by atoms with Crippen LogP contribution in [0.15, 0.2) is 24.3 Å². The first-order valence-corrected chi connectivity index (χ1v) is 13.7.